The zero-order valence-electron chi connectivity index (χ0n) is 12.6. The molecule has 0 aliphatic heterocycles. The van der Waals surface area contributed by atoms with E-state index in [9.17, 15) is 0 Å². The SMILES string of the molecule is Cc1ccc(NC(=S)NC[C@@H](c2cccs2)[NH+](C)C)cc1. The molecule has 1 heterocycles. The maximum absolute atomic E-state index is 5.38. The van der Waals surface area contributed by atoms with Gasteiger partial charge in [-0.3, -0.25) is 0 Å². The molecule has 3 nitrogen and oxygen atoms in total. The summed E-state index contributed by atoms with van der Waals surface area (Å²) in [5.74, 6) is 0. The number of hydrogen-bond donors (Lipinski definition) is 3. The van der Waals surface area contributed by atoms with Crippen LogP contribution in [0.3, 0.4) is 0 Å². The number of aryl methyl sites for hydroxylation is 1. The van der Waals surface area contributed by atoms with Gasteiger partial charge >= 0.3 is 0 Å². The van der Waals surface area contributed by atoms with Crippen LogP contribution in [0.25, 0.3) is 0 Å². The van der Waals surface area contributed by atoms with Gasteiger partial charge < -0.3 is 15.5 Å². The smallest absolute Gasteiger partial charge is 0.171 e. The van der Waals surface area contributed by atoms with E-state index in [-0.39, 0.29) is 0 Å². The third-order valence-corrected chi connectivity index (χ3v) is 4.59. The summed E-state index contributed by atoms with van der Waals surface area (Å²) in [7, 11) is 4.34. The summed E-state index contributed by atoms with van der Waals surface area (Å²) < 4.78 is 0. The van der Waals surface area contributed by atoms with Crippen LogP contribution in [0.2, 0.25) is 0 Å². The predicted molar refractivity (Wildman–Crippen MR) is 95.3 cm³/mol. The molecule has 3 N–H and O–H groups in total. The summed E-state index contributed by atoms with van der Waals surface area (Å²) in [4.78, 5) is 2.77. The molecule has 0 bridgehead atoms. The average molecular weight is 321 g/mol. The fourth-order valence-corrected chi connectivity index (χ4v) is 3.24. The van der Waals surface area contributed by atoms with Crippen molar-refractivity contribution in [1.29, 1.82) is 0 Å². The Kier molecular flexibility index (Phi) is 5.73. The van der Waals surface area contributed by atoms with Gasteiger partial charge in [0.25, 0.3) is 0 Å². The topological polar surface area (TPSA) is 28.5 Å². The second-order valence-corrected chi connectivity index (χ2v) is 6.73. The number of rotatable bonds is 5. The van der Waals surface area contributed by atoms with Crippen molar-refractivity contribution in [2.75, 3.05) is 26.0 Å². The molecule has 0 radical (unpaired) electrons. The van der Waals surface area contributed by atoms with Crippen molar-refractivity contribution in [3.05, 3.63) is 52.2 Å². The minimum absolute atomic E-state index is 0.405. The molecule has 1 aromatic carbocycles. The van der Waals surface area contributed by atoms with Crippen LogP contribution < -0.4 is 15.5 Å². The molecule has 1 aromatic heterocycles. The maximum Gasteiger partial charge on any atom is 0.171 e. The summed E-state index contributed by atoms with van der Waals surface area (Å²) in [6, 6.07) is 12.9. The second kappa shape index (κ2) is 7.54. The first kappa shape index (κ1) is 15.9. The second-order valence-electron chi connectivity index (χ2n) is 5.35. The predicted octanol–water partition coefficient (Wildman–Crippen LogP) is 2.23. The fourth-order valence-electron chi connectivity index (χ4n) is 2.09. The summed E-state index contributed by atoms with van der Waals surface area (Å²) >= 11 is 7.17. The third-order valence-electron chi connectivity index (χ3n) is 3.36. The lowest BCUT2D eigenvalue weighted by Gasteiger charge is -2.21. The van der Waals surface area contributed by atoms with Gasteiger partial charge in [-0.2, -0.15) is 0 Å². The molecule has 112 valence electrons. The van der Waals surface area contributed by atoms with Crippen LogP contribution in [0.4, 0.5) is 5.69 Å². The van der Waals surface area contributed by atoms with Gasteiger partial charge in [0.2, 0.25) is 0 Å². The molecule has 1 atom stereocenters. The molecule has 2 aromatic rings. The van der Waals surface area contributed by atoms with Gasteiger partial charge in [0, 0.05) is 5.69 Å². The Hall–Kier alpha value is -1.43. The van der Waals surface area contributed by atoms with Gasteiger partial charge in [-0.1, -0.05) is 23.8 Å². The van der Waals surface area contributed by atoms with Crippen LogP contribution in [-0.4, -0.2) is 25.8 Å². The number of nitrogens with one attached hydrogen (secondary N) is 3. The molecular weight excluding hydrogens is 298 g/mol. The van der Waals surface area contributed by atoms with Crippen LogP contribution in [0.5, 0.6) is 0 Å². The zero-order chi connectivity index (χ0) is 15.2. The number of anilines is 1. The van der Waals surface area contributed by atoms with Crippen LogP contribution in [0.1, 0.15) is 16.5 Å². The number of likely N-dealkylation sites (N-methyl/N-ethyl adjacent to an activating group) is 1. The van der Waals surface area contributed by atoms with Crippen LogP contribution in [0.15, 0.2) is 41.8 Å². The standard InChI is InChI=1S/C16H21N3S2/c1-12-6-8-13(9-7-12)18-16(20)17-11-14(19(2)3)15-5-4-10-21-15/h4-10,14H,11H2,1-3H3,(H2,17,18,20)/p+1/t14-/m0/s1. The molecule has 0 aliphatic carbocycles. The summed E-state index contributed by atoms with van der Waals surface area (Å²) in [5.41, 5.74) is 2.26. The van der Waals surface area contributed by atoms with Gasteiger partial charge in [0.15, 0.2) is 5.11 Å². The molecule has 0 spiro atoms. The van der Waals surface area contributed by atoms with E-state index in [2.05, 4.69) is 61.3 Å². The minimum Gasteiger partial charge on any atom is -0.356 e. The van der Waals surface area contributed by atoms with E-state index in [1.807, 2.05) is 12.1 Å². The highest BCUT2D eigenvalue weighted by atomic mass is 32.1. The van der Waals surface area contributed by atoms with Crippen LogP contribution >= 0.6 is 23.6 Å². The highest BCUT2D eigenvalue weighted by Crippen LogP contribution is 2.15. The molecule has 21 heavy (non-hydrogen) atoms. The molecule has 0 amide bonds. The highest BCUT2D eigenvalue weighted by molar-refractivity contribution is 7.80. The molecule has 2 rings (SSSR count). The van der Waals surface area contributed by atoms with Gasteiger partial charge in [-0.15, -0.1) is 11.3 Å². The van der Waals surface area contributed by atoms with E-state index >= 15 is 0 Å². The summed E-state index contributed by atoms with van der Waals surface area (Å²) in [6.45, 7) is 2.90. The van der Waals surface area contributed by atoms with E-state index in [0.717, 1.165) is 12.2 Å². The Labute approximate surface area is 136 Å². The maximum atomic E-state index is 5.38. The van der Waals surface area contributed by atoms with Crippen molar-refractivity contribution < 1.29 is 4.90 Å². The van der Waals surface area contributed by atoms with Crippen molar-refractivity contribution in [3.8, 4) is 0 Å². The van der Waals surface area contributed by atoms with E-state index in [1.54, 1.807) is 11.3 Å². The first-order valence-corrected chi connectivity index (χ1v) is 8.30. The van der Waals surface area contributed by atoms with Gasteiger partial charge in [-0.25, -0.2) is 0 Å². The molecule has 0 unspecified atom stereocenters. The van der Waals surface area contributed by atoms with E-state index in [0.29, 0.717) is 11.2 Å². The van der Waals surface area contributed by atoms with Crippen molar-refractivity contribution in [3.63, 3.8) is 0 Å². The lowest BCUT2D eigenvalue weighted by molar-refractivity contribution is -0.890. The number of thiophene rings is 1. The molecule has 0 saturated heterocycles. The number of thiocarbonyl (C=S) groups is 1. The van der Waals surface area contributed by atoms with Crippen molar-refractivity contribution in [1.82, 2.24) is 5.32 Å². The lowest BCUT2D eigenvalue weighted by Crippen LogP contribution is -3.06. The molecule has 5 heteroatoms. The molecular formula is C16H22N3S2+. The fraction of sp³-hybridized carbons (Fsp3) is 0.312. The minimum atomic E-state index is 0.405. The largest absolute Gasteiger partial charge is 0.356 e. The Bertz CT molecular complexity index is 562. The van der Waals surface area contributed by atoms with Crippen LogP contribution in [-0.2, 0) is 0 Å². The zero-order valence-corrected chi connectivity index (χ0v) is 14.3. The number of hydrogen-bond acceptors (Lipinski definition) is 2. The first-order chi connectivity index (χ1) is 10.1. The van der Waals surface area contributed by atoms with Crippen molar-refractivity contribution in [2.24, 2.45) is 0 Å². The van der Waals surface area contributed by atoms with Gasteiger partial charge in [0.05, 0.1) is 25.5 Å². The Morgan fingerprint density at radius 3 is 2.52 bits per heavy atom. The first-order valence-electron chi connectivity index (χ1n) is 7.01. The van der Waals surface area contributed by atoms with Gasteiger partial charge in [-0.05, 0) is 42.7 Å². The van der Waals surface area contributed by atoms with Crippen LogP contribution in [0, 0.1) is 6.92 Å². The van der Waals surface area contributed by atoms with E-state index < -0.39 is 0 Å². The number of quaternary nitrogens is 1. The van der Waals surface area contributed by atoms with E-state index in [4.69, 9.17) is 12.2 Å². The third kappa shape index (κ3) is 4.81. The quantitative estimate of drug-likeness (QED) is 0.738. The molecule has 0 fully saturated rings. The van der Waals surface area contributed by atoms with Crippen molar-refractivity contribution in [2.45, 2.75) is 13.0 Å². The Morgan fingerprint density at radius 2 is 1.95 bits per heavy atom. The lowest BCUT2D eigenvalue weighted by atomic mass is 10.2. The monoisotopic (exact) mass is 320 g/mol. The Morgan fingerprint density at radius 1 is 1.24 bits per heavy atom. The average Bonchev–Trinajstić information content (AvgIpc) is 2.95. The molecule has 0 aliphatic rings. The van der Waals surface area contributed by atoms with Crippen molar-refractivity contribution >= 4 is 34.4 Å². The highest BCUT2D eigenvalue weighted by Gasteiger charge is 2.18. The summed E-state index contributed by atoms with van der Waals surface area (Å²) in [5, 5.41) is 9.33. The number of benzene rings is 1. The van der Waals surface area contributed by atoms with E-state index in [1.165, 1.54) is 15.3 Å². The normalized spacial score (nSPS) is 12.2. The summed E-state index contributed by atoms with van der Waals surface area (Å²) in [6.07, 6.45) is 0. The molecule has 0 saturated carbocycles. The Balaban J connectivity index is 1.89. The van der Waals surface area contributed by atoms with Gasteiger partial charge in [0.1, 0.15) is 6.04 Å².